The third kappa shape index (κ3) is 3.57. The molecule has 19 heavy (non-hydrogen) atoms. The zero-order valence-corrected chi connectivity index (χ0v) is 11.2. The Balaban J connectivity index is 2.08. The van der Waals surface area contributed by atoms with Crippen molar-refractivity contribution >= 4 is 27.5 Å². The maximum Gasteiger partial charge on any atom is 0.228 e. The highest BCUT2D eigenvalue weighted by Gasteiger charge is 2.10. The van der Waals surface area contributed by atoms with Gasteiger partial charge in [0, 0.05) is 12.3 Å². The molecule has 0 aliphatic heterocycles. The van der Waals surface area contributed by atoms with E-state index in [4.69, 9.17) is 0 Å². The van der Waals surface area contributed by atoms with Crippen LogP contribution in [0.15, 0.2) is 41.1 Å². The van der Waals surface area contributed by atoms with Gasteiger partial charge in [-0.1, -0.05) is 6.07 Å². The Bertz CT molecular complexity index is 619. The quantitative estimate of drug-likeness (QED) is 0.879. The maximum absolute atomic E-state index is 13.4. The number of nitrogens with one attached hydrogen (secondary N) is 1. The van der Waals surface area contributed by atoms with Gasteiger partial charge in [0.1, 0.15) is 16.2 Å². The van der Waals surface area contributed by atoms with Crippen molar-refractivity contribution < 1.29 is 13.6 Å². The van der Waals surface area contributed by atoms with E-state index in [1.165, 1.54) is 6.07 Å². The fourth-order valence-electron chi connectivity index (χ4n) is 1.51. The van der Waals surface area contributed by atoms with Gasteiger partial charge in [0.05, 0.1) is 12.1 Å². The van der Waals surface area contributed by atoms with E-state index in [1.54, 1.807) is 18.3 Å². The smallest absolute Gasteiger partial charge is 0.228 e. The standard InChI is InChI=1S/C13H9BrF2N2O/c14-13-11(2-1-5-17-13)18-12(19)6-8-3-4-9(15)7-10(8)16/h1-5,7H,6H2,(H,18,19). The van der Waals surface area contributed by atoms with Crippen molar-refractivity contribution in [3.05, 3.63) is 58.3 Å². The molecule has 1 heterocycles. The van der Waals surface area contributed by atoms with E-state index in [0.29, 0.717) is 10.3 Å². The number of amides is 1. The van der Waals surface area contributed by atoms with E-state index in [-0.39, 0.29) is 12.0 Å². The van der Waals surface area contributed by atoms with Gasteiger partial charge in [-0.3, -0.25) is 4.79 Å². The zero-order chi connectivity index (χ0) is 13.8. The van der Waals surface area contributed by atoms with Gasteiger partial charge in [-0.25, -0.2) is 13.8 Å². The lowest BCUT2D eigenvalue weighted by Crippen LogP contribution is -2.15. The number of carbonyl (C=O) groups excluding carboxylic acids is 1. The van der Waals surface area contributed by atoms with Gasteiger partial charge in [-0.05, 0) is 39.7 Å². The molecule has 1 aromatic carbocycles. The summed E-state index contributed by atoms with van der Waals surface area (Å²) in [6.07, 6.45) is 1.40. The van der Waals surface area contributed by atoms with Crippen molar-refractivity contribution in [1.29, 1.82) is 0 Å². The summed E-state index contributed by atoms with van der Waals surface area (Å²) in [5.74, 6) is -1.81. The first-order chi connectivity index (χ1) is 9.06. The molecule has 0 saturated carbocycles. The molecule has 2 rings (SSSR count). The van der Waals surface area contributed by atoms with Crippen molar-refractivity contribution in [3.8, 4) is 0 Å². The van der Waals surface area contributed by atoms with E-state index in [9.17, 15) is 13.6 Å². The molecule has 0 fully saturated rings. The van der Waals surface area contributed by atoms with E-state index < -0.39 is 17.5 Å². The van der Waals surface area contributed by atoms with Gasteiger partial charge in [-0.15, -0.1) is 0 Å². The predicted molar refractivity (Wildman–Crippen MR) is 70.6 cm³/mol. The molecule has 0 aliphatic carbocycles. The molecule has 98 valence electrons. The van der Waals surface area contributed by atoms with E-state index in [0.717, 1.165) is 12.1 Å². The minimum absolute atomic E-state index is 0.138. The average Bonchev–Trinajstić information content (AvgIpc) is 2.36. The van der Waals surface area contributed by atoms with Crippen LogP contribution in [0.25, 0.3) is 0 Å². The normalized spacial score (nSPS) is 10.3. The predicted octanol–water partition coefficient (Wildman–Crippen LogP) is 3.30. The van der Waals surface area contributed by atoms with Gasteiger partial charge in [0.2, 0.25) is 5.91 Å². The summed E-state index contributed by atoms with van der Waals surface area (Å²) in [5.41, 5.74) is 0.633. The minimum Gasteiger partial charge on any atom is -0.323 e. The number of benzene rings is 1. The molecule has 0 atom stereocenters. The van der Waals surface area contributed by atoms with Crippen molar-refractivity contribution in [3.63, 3.8) is 0 Å². The molecule has 0 aliphatic rings. The largest absolute Gasteiger partial charge is 0.323 e. The van der Waals surface area contributed by atoms with Crippen LogP contribution < -0.4 is 5.32 Å². The molecule has 0 spiro atoms. The highest BCUT2D eigenvalue weighted by Crippen LogP contribution is 2.19. The van der Waals surface area contributed by atoms with Crippen LogP contribution in [0.3, 0.4) is 0 Å². The number of pyridine rings is 1. The Morgan fingerprint density at radius 3 is 2.79 bits per heavy atom. The Hall–Kier alpha value is -1.82. The van der Waals surface area contributed by atoms with Crippen LogP contribution in [-0.4, -0.2) is 10.9 Å². The van der Waals surface area contributed by atoms with E-state index >= 15 is 0 Å². The molecule has 0 bridgehead atoms. The summed E-state index contributed by atoms with van der Waals surface area (Å²) in [6.45, 7) is 0. The SMILES string of the molecule is O=C(Cc1ccc(F)cc1F)Nc1cccnc1Br. The summed E-state index contributed by atoms with van der Waals surface area (Å²) < 4.78 is 26.6. The molecule has 1 N–H and O–H groups in total. The summed E-state index contributed by atoms with van der Waals surface area (Å²) in [6, 6.07) is 6.45. The summed E-state index contributed by atoms with van der Waals surface area (Å²) in [5, 5.41) is 2.59. The van der Waals surface area contributed by atoms with Crippen LogP contribution in [0, 0.1) is 11.6 Å². The molecule has 6 heteroatoms. The lowest BCUT2D eigenvalue weighted by atomic mass is 10.1. The van der Waals surface area contributed by atoms with E-state index in [1.807, 2.05) is 0 Å². The van der Waals surface area contributed by atoms with Crippen LogP contribution in [0.4, 0.5) is 14.5 Å². The van der Waals surface area contributed by atoms with Crippen LogP contribution in [0.1, 0.15) is 5.56 Å². The lowest BCUT2D eigenvalue weighted by Gasteiger charge is -2.07. The number of nitrogens with zero attached hydrogens (tertiary/aromatic N) is 1. The van der Waals surface area contributed by atoms with Crippen molar-refractivity contribution in [2.75, 3.05) is 5.32 Å². The van der Waals surface area contributed by atoms with Crippen LogP contribution >= 0.6 is 15.9 Å². The first-order valence-corrected chi connectivity index (χ1v) is 6.20. The Morgan fingerprint density at radius 2 is 2.11 bits per heavy atom. The van der Waals surface area contributed by atoms with Crippen molar-refractivity contribution in [2.24, 2.45) is 0 Å². The maximum atomic E-state index is 13.4. The summed E-state index contributed by atoms with van der Waals surface area (Å²) >= 11 is 3.18. The first kappa shape index (κ1) is 13.6. The number of carbonyl (C=O) groups is 1. The fraction of sp³-hybridized carbons (Fsp3) is 0.0769. The van der Waals surface area contributed by atoms with Gasteiger partial charge in [0.25, 0.3) is 0 Å². The van der Waals surface area contributed by atoms with E-state index in [2.05, 4.69) is 26.2 Å². The Morgan fingerprint density at radius 1 is 1.32 bits per heavy atom. The average molecular weight is 327 g/mol. The molecule has 0 radical (unpaired) electrons. The Kier molecular flexibility index (Phi) is 4.21. The monoisotopic (exact) mass is 326 g/mol. The van der Waals surface area contributed by atoms with Gasteiger partial charge in [0.15, 0.2) is 0 Å². The molecule has 1 aromatic heterocycles. The molecular weight excluding hydrogens is 318 g/mol. The highest BCUT2D eigenvalue weighted by atomic mass is 79.9. The second kappa shape index (κ2) is 5.88. The second-order valence-corrected chi connectivity index (χ2v) is 4.55. The number of rotatable bonds is 3. The van der Waals surface area contributed by atoms with Crippen LogP contribution in [-0.2, 0) is 11.2 Å². The fourth-order valence-corrected chi connectivity index (χ4v) is 1.86. The molecular formula is C13H9BrF2N2O. The van der Waals surface area contributed by atoms with Gasteiger partial charge >= 0.3 is 0 Å². The van der Waals surface area contributed by atoms with Crippen LogP contribution in [0.5, 0.6) is 0 Å². The zero-order valence-electron chi connectivity index (χ0n) is 9.66. The van der Waals surface area contributed by atoms with Crippen LogP contribution in [0.2, 0.25) is 0 Å². The molecule has 1 amide bonds. The third-order valence-electron chi connectivity index (χ3n) is 2.40. The molecule has 0 unspecified atom stereocenters. The topological polar surface area (TPSA) is 42.0 Å². The highest BCUT2D eigenvalue weighted by molar-refractivity contribution is 9.10. The number of anilines is 1. The summed E-state index contributed by atoms with van der Waals surface area (Å²) in [4.78, 5) is 15.7. The van der Waals surface area contributed by atoms with Crippen molar-refractivity contribution in [2.45, 2.75) is 6.42 Å². The number of hydrogen-bond acceptors (Lipinski definition) is 2. The second-order valence-electron chi connectivity index (χ2n) is 3.80. The minimum atomic E-state index is -0.736. The first-order valence-electron chi connectivity index (χ1n) is 5.40. The number of hydrogen-bond donors (Lipinski definition) is 1. The van der Waals surface area contributed by atoms with Crippen molar-refractivity contribution in [1.82, 2.24) is 4.98 Å². The lowest BCUT2D eigenvalue weighted by molar-refractivity contribution is -0.115. The third-order valence-corrected chi connectivity index (χ3v) is 3.03. The Labute approximate surface area is 116 Å². The number of aromatic nitrogens is 1. The van der Waals surface area contributed by atoms with Gasteiger partial charge in [-0.2, -0.15) is 0 Å². The molecule has 0 saturated heterocycles. The number of halogens is 3. The summed E-state index contributed by atoms with van der Waals surface area (Å²) in [7, 11) is 0. The van der Waals surface area contributed by atoms with Gasteiger partial charge < -0.3 is 5.32 Å². The molecule has 2 aromatic rings. The molecule has 3 nitrogen and oxygen atoms in total.